The van der Waals surface area contributed by atoms with Gasteiger partial charge in [-0.25, -0.2) is 0 Å². The number of carbonyl (C=O) groups excluding carboxylic acids is 3. The molecule has 6 heteroatoms. The van der Waals surface area contributed by atoms with Crippen LogP contribution in [-0.2, 0) is 19.1 Å². The van der Waals surface area contributed by atoms with Gasteiger partial charge in [-0.3, -0.25) is 14.4 Å². The Kier molecular flexibility index (Phi) is 4.93. The number of methoxy groups -OCH3 is 1. The Morgan fingerprint density at radius 1 is 1.11 bits per heavy atom. The van der Waals surface area contributed by atoms with Gasteiger partial charge in [-0.2, -0.15) is 0 Å². The minimum absolute atomic E-state index is 0.123. The highest BCUT2D eigenvalue weighted by molar-refractivity contribution is 5.91. The number of esters is 1. The molecule has 27 heavy (non-hydrogen) atoms. The van der Waals surface area contributed by atoms with Gasteiger partial charge in [0.15, 0.2) is 0 Å². The van der Waals surface area contributed by atoms with Crippen LogP contribution in [0, 0.1) is 23.2 Å². The third-order valence-corrected chi connectivity index (χ3v) is 7.40. The van der Waals surface area contributed by atoms with Crippen molar-refractivity contribution in [2.45, 2.75) is 76.8 Å². The summed E-state index contributed by atoms with van der Waals surface area (Å²) in [5.41, 5.74) is -0.199. The lowest BCUT2D eigenvalue weighted by atomic mass is 9.49. The molecule has 6 nitrogen and oxygen atoms in total. The maximum Gasteiger partial charge on any atom is 0.307 e. The van der Waals surface area contributed by atoms with Crippen molar-refractivity contribution in [1.82, 2.24) is 10.2 Å². The Morgan fingerprint density at radius 2 is 1.70 bits per heavy atom. The molecule has 2 unspecified atom stereocenters. The number of rotatable bonds is 5. The van der Waals surface area contributed by atoms with Crippen LogP contribution in [0.3, 0.4) is 0 Å². The lowest BCUT2D eigenvalue weighted by molar-refractivity contribution is -0.160. The summed E-state index contributed by atoms with van der Waals surface area (Å²) in [6, 6.07) is -0.673. The third kappa shape index (κ3) is 3.47. The van der Waals surface area contributed by atoms with Crippen LogP contribution >= 0.6 is 0 Å². The molecular weight excluding hydrogens is 344 g/mol. The first-order valence-corrected chi connectivity index (χ1v) is 10.6. The number of nitrogens with one attached hydrogen (secondary N) is 1. The van der Waals surface area contributed by atoms with Crippen LogP contribution in [0.25, 0.3) is 0 Å². The van der Waals surface area contributed by atoms with Gasteiger partial charge in [0.2, 0.25) is 11.8 Å². The van der Waals surface area contributed by atoms with Crippen molar-refractivity contribution in [3.05, 3.63) is 0 Å². The molecule has 2 atom stereocenters. The normalized spacial score (nSPS) is 37.9. The highest BCUT2D eigenvalue weighted by Gasteiger charge is 2.56. The SMILES string of the molecule is COC(=O)CC(C)NC(=O)C1CCCN1C(=O)C12CC3CC(CC(C3)C1)C2. The first-order valence-electron chi connectivity index (χ1n) is 10.6. The second-order valence-corrected chi connectivity index (χ2v) is 9.54. The van der Waals surface area contributed by atoms with Gasteiger partial charge in [-0.1, -0.05) is 0 Å². The maximum absolute atomic E-state index is 13.6. The van der Waals surface area contributed by atoms with E-state index in [9.17, 15) is 14.4 Å². The lowest BCUT2D eigenvalue weighted by Gasteiger charge is -2.56. The number of amides is 2. The third-order valence-electron chi connectivity index (χ3n) is 7.40. The van der Waals surface area contributed by atoms with Gasteiger partial charge in [-0.05, 0) is 76.0 Å². The molecule has 1 saturated heterocycles. The highest BCUT2D eigenvalue weighted by Crippen LogP contribution is 2.60. The Balaban J connectivity index is 1.43. The molecule has 5 aliphatic rings. The number of carbonyl (C=O) groups is 3. The van der Waals surface area contributed by atoms with E-state index in [4.69, 9.17) is 0 Å². The fourth-order valence-electron chi connectivity index (χ4n) is 6.68. The van der Waals surface area contributed by atoms with Crippen molar-refractivity contribution >= 4 is 17.8 Å². The van der Waals surface area contributed by atoms with E-state index in [0.29, 0.717) is 6.54 Å². The molecule has 5 fully saturated rings. The molecule has 1 aliphatic heterocycles. The van der Waals surface area contributed by atoms with Crippen LogP contribution in [-0.4, -0.2) is 48.4 Å². The number of likely N-dealkylation sites (tertiary alicyclic amines) is 1. The first kappa shape index (κ1) is 18.8. The zero-order chi connectivity index (χ0) is 19.2. The van der Waals surface area contributed by atoms with E-state index in [0.717, 1.165) is 49.9 Å². The second kappa shape index (κ2) is 7.10. The molecule has 1 N–H and O–H groups in total. The van der Waals surface area contributed by atoms with Crippen LogP contribution in [0.15, 0.2) is 0 Å². The van der Waals surface area contributed by atoms with Gasteiger partial charge >= 0.3 is 5.97 Å². The van der Waals surface area contributed by atoms with Crippen molar-refractivity contribution in [1.29, 1.82) is 0 Å². The number of hydrogen-bond acceptors (Lipinski definition) is 4. The molecule has 0 radical (unpaired) electrons. The highest BCUT2D eigenvalue weighted by atomic mass is 16.5. The summed E-state index contributed by atoms with van der Waals surface area (Å²) < 4.78 is 4.67. The van der Waals surface area contributed by atoms with Gasteiger partial charge < -0.3 is 15.0 Å². The van der Waals surface area contributed by atoms with Crippen LogP contribution < -0.4 is 5.32 Å². The molecule has 0 aromatic heterocycles. The van der Waals surface area contributed by atoms with Crippen molar-refractivity contribution in [3.63, 3.8) is 0 Å². The molecule has 4 aliphatic carbocycles. The van der Waals surface area contributed by atoms with Gasteiger partial charge in [0.1, 0.15) is 6.04 Å². The molecule has 2 amide bonds. The lowest BCUT2D eigenvalue weighted by Crippen LogP contribution is -2.57. The zero-order valence-corrected chi connectivity index (χ0v) is 16.5. The van der Waals surface area contributed by atoms with Gasteiger partial charge in [0, 0.05) is 12.6 Å². The average molecular weight is 376 g/mol. The van der Waals surface area contributed by atoms with Crippen molar-refractivity contribution in [3.8, 4) is 0 Å². The minimum atomic E-state index is -0.384. The molecule has 0 aromatic rings. The summed E-state index contributed by atoms with van der Waals surface area (Å²) >= 11 is 0. The zero-order valence-electron chi connectivity index (χ0n) is 16.5. The predicted molar refractivity (Wildman–Crippen MR) is 99.6 cm³/mol. The summed E-state index contributed by atoms with van der Waals surface area (Å²) in [5.74, 6) is 1.93. The fourth-order valence-corrected chi connectivity index (χ4v) is 6.68. The summed E-state index contributed by atoms with van der Waals surface area (Å²) in [7, 11) is 1.35. The van der Waals surface area contributed by atoms with Gasteiger partial charge in [-0.15, -0.1) is 0 Å². The van der Waals surface area contributed by atoms with E-state index in [1.54, 1.807) is 6.92 Å². The first-order chi connectivity index (χ1) is 12.9. The van der Waals surface area contributed by atoms with E-state index >= 15 is 0 Å². The Bertz CT molecular complexity index is 596. The Morgan fingerprint density at radius 3 is 2.26 bits per heavy atom. The molecule has 0 aromatic carbocycles. The summed E-state index contributed by atoms with van der Waals surface area (Å²) in [6.07, 6.45) is 8.75. The van der Waals surface area contributed by atoms with E-state index < -0.39 is 0 Å². The molecule has 1 heterocycles. The topological polar surface area (TPSA) is 75.7 Å². The second-order valence-electron chi connectivity index (χ2n) is 9.54. The molecule has 5 rings (SSSR count). The molecule has 4 saturated carbocycles. The Hall–Kier alpha value is -1.59. The van der Waals surface area contributed by atoms with Crippen LogP contribution in [0.4, 0.5) is 0 Å². The Labute approximate surface area is 161 Å². The molecule has 0 spiro atoms. The largest absolute Gasteiger partial charge is 0.469 e. The number of ether oxygens (including phenoxy) is 1. The summed E-state index contributed by atoms with van der Waals surface area (Å²) in [5, 5.41) is 2.91. The standard InChI is InChI=1S/C21H32N2O4/c1-13(6-18(24)27-2)22-19(25)17-4-3-5-23(17)20(26)21-10-14-7-15(11-21)9-16(8-14)12-21/h13-17H,3-12H2,1-2H3,(H,22,25). The van der Waals surface area contributed by atoms with Crippen LogP contribution in [0.1, 0.15) is 64.7 Å². The molecule has 150 valence electrons. The van der Waals surface area contributed by atoms with Crippen molar-refractivity contribution < 1.29 is 19.1 Å². The maximum atomic E-state index is 13.6. The van der Waals surface area contributed by atoms with Crippen molar-refractivity contribution in [2.75, 3.05) is 13.7 Å². The average Bonchev–Trinajstić information content (AvgIpc) is 3.09. The van der Waals surface area contributed by atoms with Crippen LogP contribution in [0.5, 0.6) is 0 Å². The minimum Gasteiger partial charge on any atom is -0.469 e. The number of nitrogens with zero attached hydrogens (tertiary/aromatic N) is 1. The summed E-state index contributed by atoms with van der Waals surface area (Å²) in [6.45, 7) is 2.49. The van der Waals surface area contributed by atoms with E-state index in [1.807, 2.05) is 4.90 Å². The molecule has 4 bridgehead atoms. The van der Waals surface area contributed by atoms with Crippen molar-refractivity contribution in [2.24, 2.45) is 23.2 Å². The smallest absolute Gasteiger partial charge is 0.307 e. The quantitative estimate of drug-likeness (QED) is 0.747. The molecular formula is C21H32N2O4. The fraction of sp³-hybridized carbons (Fsp3) is 0.857. The monoisotopic (exact) mass is 376 g/mol. The summed E-state index contributed by atoms with van der Waals surface area (Å²) in [4.78, 5) is 39.7. The van der Waals surface area contributed by atoms with E-state index in [2.05, 4.69) is 10.1 Å². The van der Waals surface area contributed by atoms with Gasteiger partial charge in [0.25, 0.3) is 0 Å². The van der Waals surface area contributed by atoms with E-state index in [1.165, 1.54) is 26.4 Å². The van der Waals surface area contributed by atoms with Gasteiger partial charge in [0.05, 0.1) is 18.9 Å². The van der Waals surface area contributed by atoms with E-state index in [-0.39, 0.29) is 41.7 Å². The predicted octanol–water partition coefficient (Wildman–Crippen LogP) is 2.26. The van der Waals surface area contributed by atoms with Crippen LogP contribution in [0.2, 0.25) is 0 Å². The number of hydrogen-bond donors (Lipinski definition) is 1.